The van der Waals surface area contributed by atoms with Crippen molar-refractivity contribution < 1.29 is 4.74 Å². The third kappa shape index (κ3) is 12.1. The summed E-state index contributed by atoms with van der Waals surface area (Å²) in [5.41, 5.74) is 0. The van der Waals surface area contributed by atoms with Gasteiger partial charge >= 0.3 is 0 Å². The van der Waals surface area contributed by atoms with Gasteiger partial charge in [0.05, 0.1) is 6.61 Å². The highest BCUT2D eigenvalue weighted by Gasteiger charge is 2.01. The van der Waals surface area contributed by atoms with Crippen LogP contribution in [0, 0.1) is 5.92 Å². The summed E-state index contributed by atoms with van der Waals surface area (Å²) in [5, 5.41) is 3.51. The Bertz CT molecular complexity index is 151. The SMILES string of the molecule is CCOCCN(CC)CCNCCCC(C)C. The molecule has 0 aliphatic carbocycles. The number of hydrogen-bond acceptors (Lipinski definition) is 3. The van der Waals surface area contributed by atoms with Gasteiger partial charge < -0.3 is 15.0 Å². The minimum atomic E-state index is 0.824. The quantitative estimate of drug-likeness (QED) is 0.533. The van der Waals surface area contributed by atoms with E-state index in [1.807, 2.05) is 6.92 Å². The highest BCUT2D eigenvalue weighted by Crippen LogP contribution is 2.01. The van der Waals surface area contributed by atoms with Gasteiger partial charge in [-0.05, 0) is 38.8 Å². The van der Waals surface area contributed by atoms with Gasteiger partial charge in [0.25, 0.3) is 0 Å². The number of nitrogens with one attached hydrogen (secondary N) is 1. The van der Waals surface area contributed by atoms with E-state index >= 15 is 0 Å². The molecule has 0 heterocycles. The van der Waals surface area contributed by atoms with Gasteiger partial charge in [-0.15, -0.1) is 0 Å². The zero-order valence-electron chi connectivity index (χ0n) is 12.3. The van der Waals surface area contributed by atoms with E-state index in [0.717, 1.165) is 51.9 Å². The Labute approximate surface area is 108 Å². The van der Waals surface area contributed by atoms with E-state index in [2.05, 4.69) is 31.0 Å². The Morgan fingerprint density at radius 1 is 1.12 bits per heavy atom. The fourth-order valence-electron chi connectivity index (χ4n) is 1.76. The normalized spacial score (nSPS) is 11.6. The topological polar surface area (TPSA) is 24.5 Å². The van der Waals surface area contributed by atoms with E-state index in [4.69, 9.17) is 4.74 Å². The zero-order chi connectivity index (χ0) is 12.9. The molecule has 0 bridgehead atoms. The minimum absolute atomic E-state index is 0.824. The second-order valence-electron chi connectivity index (χ2n) is 4.92. The van der Waals surface area contributed by atoms with Gasteiger partial charge in [-0.25, -0.2) is 0 Å². The first-order valence-corrected chi connectivity index (χ1v) is 7.21. The molecule has 0 aliphatic heterocycles. The predicted molar refractivity (Wildman–Crippen MR) is 75.5 cm³/mol. The molecule has 17 heavy (non-hydrogen) atoms. The largest absolute Gasteiger partial charge is 0.380 e. The predicted octanol–water partition coefficient (Wildman–Crippen LogP) is 2.37. The monoisotopic (exact) mass is 244 g/mol. The van der Waals surface area contributed by atoms with Crippen molar-refractivity contribution in [1.29, 1.82) is 0 Å². The number of nitrogens with zero attached hydrogens (tertiary/aromatic N) is 1. The van der Waals surface area contributed by atoms with Crippen molar-refractivity contribution in [3.63, 3.8) is 0 Å². The van der Waals surface area contributed by atoms with Gasteiger partial charge in [-0.3, -0.25) is 0 Å². The second-order valence-corrected chi connectivity index (χ2v) is 4.92. The molecule has 1 N–H and O–H groups in total. The van der Waals surface area contributed by atoms with Crippen LogP contribution in [0.3, 0.4) is 0 Å². The third-order valence-electron chi connectivity index (χ3n) is 2.94. The average molecular weight is 244 g/mol. The minimum Gasteiger partial charge on any atom is -0.380 e. The van der Waals surface area contributed by atoms with Crippen molar-refractivity contribution in [3.8, 4) is 0 Å². The zero-order valence-corrected chi connectivity index (χ0v) is 12.3. The van der Waals surface area contributed by atoms with Crippen LogP contribution in [-0.4, -0.2) is 50.8 Å². The lowest BCUT2D eigenvalue weighted by molar-refractivity contribution is 0.115. The summed E-state index contributed by atoms with van der Waals surface area (Å²) in [7, 11) is 0. The summed E-state index contributed by atoms with van der Waals surface area (Å²) in [6, 6.07) is 0. The molecule has 0 rings (SSSR count). The van der Waals surface area contributed by atoms with Crippen molar-refractivity contribution >= 4 is 0 Å². The van der Waals surface area contributed by atoms with Gasteiger partial charge in [0.15, 0.2) is 0 Å². The van der Waals surface area contributed by atoms with E-state index in [1.165, 1.54) is 12.8 Å². The number of rotatable bonds is 12. The summed E-state index contributed by atoms with van der Waals surface area (Å²) in [5.74, 6) is 0.829. The molecule has 0 atom stereocenters. The summed E-state index contributed by atoms with van der Waals surface area (Å²) >= 11 is 0. The molecular weight excluding hydrogens is 212 g/mol. The van der Waals surface area contributed by atoms with Crippen LogP contribution in [0.5, 0.6) is 0 Å². The Balaban J connectivity index is 3.30. The second kappa shape index (κ2) is 12.3. The third-order valence-corrected chi connectivity index (χ3v) is 2.94. The highest BCUT2D eigenvalue weighted by molar-refractivity contribution is 4.58. The first-order chi connectivity index (χ1) is 8.20. The van der Waals surface area contributed by atoms with Crippen LogP contribution in [0.2, 0.25) is 0 Å². The fraction of sp³-hybridized carbons (Fsp3) is 1.00. The number of likely N-dealkylation sites (N-methyl/N-ethyl adjacent to an activating group) is 1. The van der Waals surface area contributed by atoms with Crippen LogP contribution in [0.1, 0.15) is 40.5 Å². The maximum Gasteiger partial charge on any atom is 0.0593 e. The van der Waals surface area contributed by atoms with Crippen molar-refractivity contribution in [2.24, 2.45) is 5.92 Å². The Hall–Kier alpha value is -0.120. The lowest BCUT2D eigenvalue weighted by Gasteiger charge is -2.20. The molecule has 0 saturated heterocycles. The maximum atomic E-state index is 5.37. The lowest BCUT2D eigenvalue weighted by atomic mass is 10.1. The van der Waals surface area contributed by atoms with E-state index in [9.17, 15) is 0 Å². The summed E-state index contributed by atoms with van der Waals surface area (Å²) < 4.78 is 5.37. The van der Waals surface area contributed by atoms with E-state index in [1.54, 1.807) is 0 Å². The Morgan fingerprint density at radius 3 is 2.47 bits per heavy atom. The van der Waals surface area contributed by atoms with Crippen LogP contribution in [0.4, 0.5) is 0 Å². The van der Waals surface area contributed by atoms with E-state index in [-0.39, 0.29) is 0 Å². The van der Waals surface area contributed by atoms with Gasteiger partial charge in [-0.2, -0.15) is 0 Å². The average Bonchev–Trinajstić information content (AvgIpc) is 2.31. The fourth-order valence-corrected chi connectivity index (χ4v) is 1.76. The van der Waals surface area contributed by atoms with Crippen molar-refractivity contribution in [2.45, 2.75) is 40.5 Å². The molecule has 0 unspecified atom stereocenters. The van der Waals surface area contributed by atoms with Crippen LogP contribution < -0.4 is 5.32 Å². The molecule has 0 spiro atoms. The summed E-state index contributed by atoms with van der Waals surface area (Å²) in [6.45, 7) is 16.1. The number of ether oxygens (including phenoxy) is 1. The molecule has 3 heteroatoms. The molecule has 0 aromatic rings. The van der Waals surface area contributed by atoms with Crippen LogP contribution in [-0.2, 0) is 4.74 Å². The molecule has 0 radical (unpaired) electrons. The molecule has 0 aliphatic rings. The van der Waals surface area contributed by atoms with E-state index in [0.29, 0.717) is 0 Å². The molecule has 0 amide bonds. The molecule has 0 saturated carbocycles. The molecule has 0 aromatic carbocycles. The molecule has 0 aromatic heterocycles. The van der Waals surface area contributed by atoms with Crippen LogP contribution in [0.15, 0.2) is 0 Å². The standard InChI is InChI=1S/C14H32N2O/c1-5-16(12-13-17-6-2)11-10-15-9-7-8-14(3)4/h14-15H,5-13H2,1-4H3. The molecule has 104 valence electrons. The first kappa shape index (κ1) is 16.9. The molecule has 3 nitrogen and oxygen atoms in total. The van der Waals surface area contributed by atoms with Gasteiger partial charge in [0.1, 0.15) is 0 Å². The summed E-state index contributed by atoms with van der Waals surface area (Å²) in [4.78, 5) is 2.44. The van der Waals surface area contributed by atoms with Crippen LogP contribution in [0.25, 0.3) is 0 Å². The number of hydrogen-bond donors (Lipinski definition) is 1. The van der Waals surface area contributed by atoms with Gasteiger partial charge in [0, 0.05) is 26.2 Å². The lowest BCUT2D eigenvalue weighted by Crippen LogP contribution is -2.34. The molecular formula is C14H32N2O. The summed E-state index contributed by atoms with van der Waals surface area (Å²) in [6.07, 6.45) is 2.62. The van der Waals surface area contributed by atoms with Crippen molar-refractivity contribution in [2.75, 3.05) is 45.9 Å². The van der Waals surface area contributed by atoms with Crippen molar-refractivity contribution in [3.05, 3.63) is 0 Å². The van der Waals surface area contributed by atoms with Crippen molar-refractivity contribution in [1.82, 2.24) is 10.2 Å². The van der Waals surface area contributed by atoms with Gasteiger partial charge in [0.2, 0.25) is 0 Å². The highest BCUT2D eigenvalue weighted by atomic mass is 16.5. The Morgan fingerprint density at radius 2 is 1.88 bits per heavy atom. The Kier molecular flexibility index (Phi) is 12.3. The maximum absolute atomic E-state index is 5.37. The van der Waals surface area contributed by atoms with Crippen LogP contribution >= 0.6 is 0 Å². The first-order valence-electron chi connectivity index (χ1n) is 7.21. The van der Waals surface area contributed by atoms with Gasteiger partial charge in [-0.1, -0.05) is 20.8 Å². The smallest absolute Gasteiger partial charge is 0.0593 e. The van der Waals surface area contributed by atoms with E-state index < -0.39 is 0 Å². The molecule has 0 fully saturated rings.